The summed E-state index contributed by atoms with van der Waals surface area (Å²) in [5, 5.41) is 0. The largest absolute Gasteiger partial charge is 0.417 e. The summed E-state index contributed by atoms with van der Waals surface area (Å²) in [5.41, 5.74) is -1.44. The van der Waals surface area contributed by atoms with E-state index in [4.69, 9.17) is 0 Å². The molecule has 0 bridgehead atoms. The Balaban J connectivity index is 2.37. The van der Waals surface area contributed by atoms with Crippen molar-refractivity contribution in [2.75, 3.05) is 6.54 Å². The molecule has 1 fully saturated rings. The van der Waals surface area contributed by atoms with Crippen LogP contribution in [0.15, 0.2) is 18.5 Å². The summed E-state index contributed by atoms with van der Waals surface area (Å²) in [6.45, 7) is 2.28. The monoisotopic (exact) mass is 328 g/mol. The Morgan fingerprint density at radius 1 is 1.48 bits per heavy atom. The lowest BCUT2D eigenvalue weighted by molar-refractivity contribution is -0.138. The molecule has 0 radical (unpaired) electrons. The van der Waals surface area contributed by atoms with Gasteiger partial charge in [0, 0.05) is 30.9 Å². The van der Waals surface area contributed by atoms with Gasteiger partial charge in [-0.3, -0.25) is 9.78 Å². The van der Waals surface area contributed by atoms with Crippen molar-refractivity contribution < 1.29 is 22.8 Å². The molecule has 7 heteroatoms. The van der Waals surface area contributed by atoms with E-state index in [1.807, 2.05) is 6.92 Å². The van der Waals surface area contributed by atoms with Gasteiger partial charge in [-0.2, -0.15) is 13.2 Å². The van der Waals surface area contributed by atoms with Gasteiger partial charge in [0.2, 0.25) is 0 Å². The molecule has 4 nitrogen and oxygen atoms in total. The van der Waals surface area contributed by atoms with Crippen molar-refractivity contribution in [2.24, 2.45) is 5.92 Å². The highest BCUT2D eigenvalue weighted by Gasteiger charge is 2.39. The fourth-order valence-electron chi connectivity index (χ4n) is 3.13. The number of hydrogen-bond donors (Lipinski definition) is 0. The molecule has 0 spiro atoms. The number of likely N-dealkylation sites (tertiary alicyclic amines) is 1. The first-order valence-electron chi connectivity index (χ1n) is 7.67. The molecule has 1 aromatic heterocycles. The Labute approximate surface area is 132 Å². The summed E-state index contributed by atoms with van der Waals surface area (Å²) in [7, 11) is 0. The third-order valence-electron chi connectivity index (χ3n) is 4.21. The lowest BCUT2D eigenvalue weighted by atomic mass is 9.87. The van der Waals surface area contributed by atoms with Crippen molar-refractivity contribution in [3.05, 3.63) is 29.6 Å². The minimum atomic E-state index is -4.62. The van der Waals surface area contributed by atoms with Crippen LogP contribution >= 0.6 is 0 Å². The van der Waals surface area contributed by atoms with Crippen LogP contribution in [0.25, 0.3) is 0 Å². The number of alkyl halides is 3. The molecular formula is C16H19F3N2O2. The van der Waals surface area contributed by atoms with E-state index < -0.39 is 23.2 Å². The Morgan fingerprint density at radius 2 is 2.22 bits per heavy atom. The molecule has 1 amide bonds. The van der Waals surface area contributed by atoms with Gasteiger partial charge in [-0.05, 0) is 25.3 Å². The average molecular weight is 328 g/mol. The van der Waals surface area contributed by atoms with Crippen LogP contribution in [0, 0.1) is 5.92 Å². The zero-order chi connectivity index (χ0) is 17.0. The van der Waals surface area contributed by atoms with E-state index in [1.54, 1.807) is 0 Å². The maximum Gasteiger partial charge on any atom is 0.417 e. The highest BCUT2D eigenvalue weighted by Crippen LogP contribution is 2.34. The molecule has 0 aliphatic carbocycles. The second-order valence-corrected chi connectivity index (χ2v) is 5.72. The Hall–Kier alpha value is -1.92. The molecule has 1 aromatic rings. The van der Waals surface area contributed by atoms with Crippen LogP contribution in [-0.4, -0.2) is 34.7 Å². The van der Waals surface area contributed by atoms with Gasteiger partial charge in [-0.15, -0.1) is 0 Å². The number of amides is 1. The minimum absolute atomic E-state index is 0.321. The van der Waals surface area contributed by atoms with E-state index in [0.29, 0.717) is 25.8 Å². The standard InChI is InChI=1S/C16H19F3N2O2/c1-2-4-14-11(10-22)5-3-8-21(14)15(23)12-9-20-7-6-13(12)16(17,18)19/h6-7,9-11,14H,2-5,8H2,1H3/t11?,14-/m1/s1. The van der Waals surface area contributed by atoms with E-state index in [2.05, 4.69) is 4.98 Å². The van der Waals surface area contributed by atoms with E-state index in [9.17, 15) is 22.8 Å². The van der Waals surface area contributed by atoms with E-state index in [0.717, 1.165) is 31.2 Å². The van der Waals surface area contributed by atoms with Crippen molar-refractivity contribution in [1.29, 1.82) is 0 Å². The van der Waals surface area contributed by atoms with Gasteiger partial charge in [0.05, 0.1) is 11.1 Å². The van der Waals surface area contributed by atoms with Crippen molar-refractivity contribution in [3.63, 3.8) is 0 Å². The maximum atomic E-state index is 13.1. The number of hydrogen-bond acceptors (Lipinski definition) is 3. The number of piperidine rings is 1. The normalized spacial score (nSPS) is 22.0. The van der Waals surface area contributed by atoms with Crippen molar-refractivity contribution in [1.82, 2.24) is 9.88 Å². The van der Waals surface area contributed by atoms with Gasteiger partial charge < -0.3 is 9.69 Å². The van der Waals surface area contributed by atoms with Gasteiger partial charge in [0.1, 0.15) is 6.29 Å². The molecule has 2 heterocycles. The molecule has 1 saturated heterocycles. The number of aldehydes is 1. The van der Waals surface area contributed by atoms with Crippen molar-refractivity contribution >= 4 is 12.2 Å². The maximum absolute atomic E-state index is 13.1. The van der Waals surface area contributed by atoms with Gasteiger partial charge in [0.25, 0.3) is 5.91 Å². The molecule has 0 aromatic carbocycles. The summed E-state index contributed by atoms with van der Waals surface area (Å²) in [4.78, 5) is 29.0. The number of nitrogens with zero attached hydrogens (tertiary/aromatic N) is 2. The van der Waals surface area contributed by atoms with Crippen LogP contribution in [0.3, 0.4) is 0 Å². The molecule has 1 aliphatic rings. The van der Waals surface area contributed by atoms with Gasteiger partial charge >= 0.3 is 6.18 Å². The lowest BCUT2D eigenvalue weighted by Crippen LogP contribution is -2.49. The number of halogens is 3. The molecule has 0 N–H and O–H groups in total. The number of carbonyl (C=O) groups excluding carboxylic acids is 2. The quantitative estimate of drug-likeness (QED) is 0.797. The summed E-state index contributed by atoms with van der Waals surface area (Å²) >= 11 is 0. The van der Waals surface area contributed by atoms with Crippen LogP contribution in [0.2, 0.25) is 0 Å². The van der Waals surface area contributed by atoms with Crippen LogP contribution in [0.1, 0.15) is 48.5 Å². The first-order chi connectivity index (χ1) is 10.9. The SMILES string of the molecule is CCC[C@@H]1C(C=O)CCCN1C(=O)c1cnccc1C(F)(F)F. The second-order valence-electron chi connectivity index (χ2n) is 5.72. The van der Waals surface area contributed by atoms with Crippen molar-refractivity contribution in [2.45, 2.75) is 44.8 Å². The smallest absolute Gasteiger partial charge is 0.335 e. The Morgan fingerprint density at radius 3 is 2.83 bits per heavy atom. The third-order valence-corrected chi connectivity index (χ3v) is 4.21. The molecule has 126 valence electrons. The Bertz CT molecular complexity index is 575. The fourth-order valence-corrected chi connectivity index (χ4v) is 3.13. The predicted molar refractivity (Wildman–Crippen MR) is 77.8 cm³/mol. The predicted octanol–water partition coefficient (Wildman–Crippen LogP) is 3.32. The molecular weight excluding hydrogens is 309 g/mol. The Kier molecular flexibility index (Phi) is 5.38. The molecule has 2 rings (SSSR count). The topological polar surface area (TPSA) is 50.3 Å². The fraction of sp³-hybridized carbons (Fsp3) is 0.562. The molecule has 23 heavy (non-hydrogen) atoms. The van der Waals surface area contributed by atoms with E-state index >= 15 is 0 Å². The highest BCUT2D eigenvalue weighted by atomic mass is 19.4. The van der Waals surface area contributed by atoms with Crippen molar-refractivity contribution in [3.8, 4) is 0 Å². The van der Waals surface area contributed by atoms with E-state index in [-0.39, 0.29) is 12.0 Å². The van der Waals surface area contributed by atoms with Crippen LogP contribution in [0.4, 0.5) is 13.2 Å². The summed E-state index contributed by atoms with van der Waals surface area (Å²) < 4.78 is 39.3. The van der Waals surface area contributed by atoms with E-state index in [1.165, 1.54) is 4.90 Å². The first-order valence-corrected chi connectivity index (χ1v) is 7.67. The summed E-state index contributed by atoms with van der Waals surface area (Å²) in [6.07, 6.45) is 0.788. The second kappa shape index (κ2) is 7.10. The van der Waals surface area contributed by atoms with Crippen LogP contribution < -0.4 is 0 Å². The van der Waals surface area contributed by atoms with Crippen LogP contribution in [0.5, 0.6) is 0 Å². The molecule has 1 unspecified atom stereocenters. The van der Waals surface area contributed by atoms with Gasteiger partial charge in [0.15, 0.2) is 0 Å². The zero-order valence-corrected chi connectivity index (χ0v) is 12.8. The third kappa shape index (κ3) is 3.71. The first kappa shape index (κ1) is 17.4. The van der Waals surface area contributed by atoms with Gasteiger partial charge in [-0.1, -0.05) is 13.3 Å². The summed E-state index contributed by atoms with van der Waals surface area (Å²) in [6, 6.07) is 0.462. The average Bonchev–Trinajstić information content (AvgIpc) is 2.54. The molecule has 0 saturated carbocycles. The minimum Gasteiger partial charge on any atom is -0.335 e. The molecule has 2 atom stereocenters. The number of aromatic nitrogens is 1. The van der Waals surface area contributed by atoms with Gasteiger partial charge in [-0.25, -0.2) is 0 Å². The zero-order valence-electron chi connectivity index (χ0n) is 12.8. The number of rotatable bonds is 4. The number of carbonyl (C=O) groups is 2. The molecule has 1 aliphatic heterocycles. The van der Waals surface area contributed by atoms with Crippen LogP contribution in [-0.2, 0) is 11.0 Å². The summed E-state index contributed by atoms with van der Waals surface area (Å²) in [5.74, 6) is -1.02. The highest BCUT2D eigenvalue weighted by molar-refractivity contribution is 5.96. The lowest BCUT2D eigenvalue weighted by Gasteiger charge is -2.39. The number of pyridine rings is 1.